The zero-order chi connectivity index (χ0) is 12.2. The van der Waals surface area contributed by atoms with Crippen molar-refractivity contribution in [2.75, 3.05) is 39.6 Å². The Labute approximate surface area is 106 Å². The van der Waals surface area contributed by atoms with Crippen LogP contribution < -0.4 is 0 Å². The van der Waals surface area contributed by atoms with E-state index in [9.17, 15) is 0 Å². The van der Waals surface area contributed by atoms with E-state index in [1.165, 1.54) is 0 Å². The Balaban J connectivity index is 1.56. The molecular weight excluding hydrogens is 240 g/mol. The van der Waals surface area contributed by atoms with Crippen molar-refractivity contribution in [3.05, 3.63) is 0 Å². The summed E-state index contributed by atoms with van der Waals surface area (Å²) in [6.07, 6.45) is 0.901. The molecule has 0 aromatic rings. The van der Waals surface area contributed by atoms with Crippen LogP contribution in [-0.2, 0) is 28.4 Å². The molecule has 18 heavy (non-hydrogen) atoms. The van der Waals surface area contributed by atoms with Gasteiger partial charge in [-0.1, -0.05) is 0 Å². The third-order valence-corrected chi connectivity index (χ3v) is 3.12. The topological polar surface area (TPSA) is 58.7 Å². The lowest BCUT2D eigenvalue weighted by molar-refractivity contribution is -0.307. The quantitative estimate of drug-likeness (QED) is 0.662. The Morgan fingerprint density at radius 1 is 0.833 bits per heavy atom. The standard InChI is InChI=1S/C12H20O6/c1-3-13-11(14-4-1)10(18-8-9-7-17-9)12-15-5-2-6-16-12/h9-12H,1-8H2. The molecule has 0 bridgehead atoms. The molecule has 0 aromatic heterocycles. The maximum absolute atomic E-state index is 5.82. The van der Waals surface area contributed by atoms with Crippen molar-refractivity contribution in [2.45, 2.75) is 37.6 Å². The molecule has 0 aliphatic carbocycles. The highest BCUT2D eigenvalue weighted by Crippen LogP contribution is 2.22. The molecule has 0 N–H and O–H groups in total. The highest BCUT2D eigenvalue weighted by Gasteiger charge is 2.38. The minimum atomic E-state index is -0.402. The number of rotatable bonds is 5. The fraction of sp³-hybridized carbons (Fsp3) is 1.00. The molecule has 0 saturated carbocycles. The minimum absolute atomic E-state index is 0.208. The highest BCUT2D eigenvalue weighted by molar-refractivity contribution is 4.75. The summed E-state index contributed by atoms with van der Waals surface area (Å²) in [6, 6.07) is 0. The molecular formula is C12H20O6. The fourth-order valence-electron chi connectivity index (χ4n) is 2.06. The molecule has 3 saturated heterocycles. The van der Waals surface area contributed by atoms with Crippen LogP contribution in [0.4, 0.5) is 0 Å². The molecule has 3 aliphatic heterocycles. The Morgan fingerprint density at radius 2 is 1.33 bits per heavy atom. The number of hydrogen-bond acceptors (Lipinski definition) is 6. The predicted molar refractivity (Wildman–Crippen MR) is 60.1 cm³/mol. The lowest BCUT2D eigenvalue weighted by atomic mass is 10.2. The zero-order valence-corrected chi connectivity index (χ0v) is 10.4. The van der Waals surface area contributed by atoms with E-state index in [0.717, 1.165) is 19.4 Å². The van der Waals surface area contributed by atoms with Crippen LogP contribution >= 0.6 is 0 Å². The first kappa shape index (κ1) is 12.8. The summed E-state index contributed by atoms with van der Waals surface area (Å²) in [7, 11) is 0. The lowest BCUT2D eigenvalue weighted by Gasteiger charge is -2.36. The molecule has 0 amide bonds. The average Bonchev–Trinajstić information content (AvgIpc) is 3.26. The number of epoxide rings is 1. The molecule has 3 aliphatic rings. The van der Waals surface area contributed by atoms with E-state index in [1.807, 2.05) is 0 Å². The van der Waals surface area contributed by atoms with Gasteiger partial charge in [0.1, 0.15) is 6.10 Å². The van der Waals surface area contributed by atoms with Gasteiger partial charge < -0.3 is 28.4 Å². The highest BCUT2D eigenvalue weighted by atomic mass is 16.7. The van der Waals surface area contributed by atoms with Gasteiger partial charge in [-0.2, -0.15) is 0 Å². The fourth-order valence-corrected chi connectivity index (χ4v) is 2.06. The Morgan fingerprint density at radius 3 is 1.78 bits per heavy atom. The zero-order valence-electron chi connectivity index (χ0n) is 10.4. The van der Waals surface area contributed by atoms with Gasteiger partial charge in [0.15, 0.2) is 18.7 Å². The van der Waals surface area contributed by atoms with E-state index in [0.29, 0.717) is 33.0 Å². The van der Waals surface area contributed by atoms with Crippen LogP contribution in [0.5, 0.6) is 0 Å². The molecule has 0 aromatic carbocycles. The Bertz CT molecular complexity index is 227. The molecule has 0 spiro atoms. The third-order valence-electron chi connectivity index (χ3n) is 3.12. The van der Waals surface area contributed by atoms with Crippen molar-refractivity contribution in [3.63, 3.8) is 0 Å². The second-order valence-corrected chi connectivity index (χ2v) is 4.68. The van der Waals surface area contributed by atoms with Crippen LogP contribution in [0.2, 0.25) is 0 Å². The second-order valence-electron chi connectivity index (χ2n) is 4.68. The van der Waals surface area contributed by atoms with E-state index in [-0.39, 0.29) is 12.2 Å². The summed E-state index contributed by atoms with van der Waals surface area (Å²) in [4.78, 5) is 0. The molecule has 1 atom stereocenters. The molecule has 3 heterocycles. The summed E-state index contributed by atoms with van der Waals surface area (Å²) in [5.41, 5.74) is 0. The van der Waals surface area contributed by atoms with Crippen LogP contribution in [0.25, 0.3) is 0 Å². The van der Waals surface area contributed by atoms with E-state index in [1.54, 1.807) is 0 Å². The van der Waals surface area contributed by atoms with Crippen molar-refractivity contribution in [3.8, 4) is 0 Å². The van der Waals surface area contributed by atoms with Crippen molar-refractivity contribution in [2.24, 2.45) is 0 Å². The Hall–Kier alpha value is -0.240. The van der Waals surface area contributed by atoms with Gasteiger partial charge in [0.2, 0.25) is 0 Å². The van der Waals surface area contributed by atoms with E-state index >= 15 is 0 Å². The summed E-state index contributed by atoms with van der Waals surface area (Å²) in [5.74, 6) is 0. The minimum Gasteiger partial charge on any atom is -0.371 e. The summed E-state index contributed by atoms with van der Waals surface area (Å²) >= 11 is 0. The van der Waals surface area contributed by atoms with E-state index in [2.05, 4.69) is 0 Å². The van der Waals surface area contributed by atoms with Crippen molar-refractivity contribution >= 4 is 0 Å². The number of hydrogen-bond donors (Lipinski definition) is 0. The largest absolute Gasteiger partial charge is 0.371 e. The molecule has 6 heteroatoms. The average molecular weight is 260 g/mol. The predicted octanol–water partition coefficient (Wildman–Crippen LogP) is 0.296. The summed E-state index contributed by atoms with van der Waals surface area (Å²) < 4.78 is 33.4. The van der Waals surface area contributed by atoms with Crippen molar-refractivity contribution < 1.29 is 28.4 Å². The monoisotopic (exact) mass is 260 g/mol. The molecule has 6 nitrogen and oxygen atoms in total. The SMILES string of the molecule is C1COC(C(OCC2CO2)C2OCCCO2)OC1. The van der Waals surface area contributed by atoms with Gasteiger partial charge in [-0.3, -0.25) is 0 Å². The maximum Gasteiger partial charge on any atom is 0.188 e. The number of ether oxygens (including phenoxy) is 6. The maximum atomic E-state index is 5.82. The van der Waals surface area contributed by atoms with Crippen molar-refractivity contribution in [1.82, 2.24) is 0 Å². The van der Waals surface area contributed by atoms with Crippen LogP contribution in [-0.4, -0.2) is 64.4 Å². The summed E-state index contributed by atoms with van der Waals surface area (Å²) in [6.45, 7) is 4.07. The van der Waals surface area contributed by atoms with E-state index in [4.69, 9.17) is 28.4 Å². The molecule has 3 fully saturated rings. The molecule has 104 valence electrons. The van der Waals surface area contributed by atoms with Gasteiger partial charge in [-0.25, -0.2) is 0 Å². The molecule has 0 radical (unpaired) electrons. The second kappa shape index (κ2) is 6.27. The smallest absolute Gasteiger partial charge is 0.188 e. The van der Waals surface area contributed by atoms with Gasteiger partial charge in [0.25, 0.3) is 0 Å². The van der Waals surface area contributed by atoms with Gasteiger partial charge in [0, 0.05) is 0 Å². The van der Waals surface area contributed by atoms with Crippen LogP contribution in [0.15, 0.2) is 0 Å². The Kier molecular flexibility index (Phi) is 4.45. The van der Waals surface area contributed by atoms with Crippen LogP contribution in [0.1, 0.15) is 12.8 Å². The lowest BCUT2D eigenvalue weighted by Crippen LogP contribution is -2.49. The first-order chi connectivity index (χ1) is 8.93. The van der Waals surface area contributed by atoms with Crippen LogP contribution in [0.3, 0.4) is 0 Å². The van der Waals surface area contributed by atoms with Gasteiger partial charge >= 0.3 is 0 Å². The van der Waals surface area contributed by atoms with Gasteiger partial charge in [-0.05, 0) is 12.8 Å². The first-order valence-corrected chi connectivity index (χ1v) is 6.63. The molecule has 1 unspecified atom stereocenters. The van der Waals surface area contributed by atoms with Crippen molar-refractivity contribution in [1.29, 1.82) is 0 Å². The normalized spacial score (nSPS) is 30.8. The van der Waals surface area contributed by atoms with Gasteiger partial charge in [-0.15, -0.1) is 0 Å². The van der Waals surface area contributed by atoms with Gasteiger partial charge in [0.05, 0.1) is 39.6 Å². The van der Waals surface area contributed by atoms with E-state index < -0.39 is 12.6 Å². The first-order valence-electron chi connectivity index (χ1n) is 6.63. The molecule has 3 rings (SSSR count). The third kappa shape index (κ3) is 3.40. The van der Waals surface area contributed by atoms with Crippen LogP contribution in [0, 0.1) is 0 Å². The summed E-state index contributed by atoms with van der Waals surface area (Å²) in [5, 5.41) is 0.